The Bertz CT molecular complexity index is 973. The van der Waals surface area contributed by atoms with Crippen LogP contribution in [0.3, 0.4) is 0 Å². The van der Waals surface area contributed by atoms with Crippen molar-refractivity contribution in [2.75, 3.05) is 7.11 Å². The van der Waals surface area contributed by atoms with Gasteiger partial charge in [-0.05, 0) is 29.8 Å². The highest BCUT2D eigenvalue weighted by molar-refractivity contribution is 6.01. The maximum Gasteiger partial charge on any atom is 0.534 e. The molecular formula is C21H19NO8. The third kappa shape index (κ3) is 4.20. The number of methoxy groups -OCH3 is 1. The SMILES string of the molecule is COc1cccc(C2OCc3cc(COC(=O)ON4C(=O)CCC4=O)ccc3O2)c1. The van der Waals surface area contributed by atoms with E-state index in [0.717, 1.165) is 11.1 Å². The lowest BCUT2D eigenvalue weighted by Gasteiger charge is -2.27. The van der Waals surface area contributed by atoms with Gasteiger partial charge in [-0.3, -0.25) is 14.4 Å². The molecule has 2 heterocycles. The van der Waals surface area contributed by atoms with Crippen LogP contribution in [0.2, 0.25) is 0 Å². The molecule has 1 unspecified atom stereocenters. The number of ether oxygens (including phenoxy) is 4. The molecule has 1 atom stereocenters. The van der Waals surface area contributed by atoms with Crippen LogP contribution in [0.25, 0.3) is 0 Å². The molecule has 4 rings (SSSR count). The van der Waals surface area contributed by atoms with Crippen molar-refractivity contribution in [1.29, 1.82) is 0 Å². The van der Waals surface area contributed by atoms with E-state index in [1.807, 2.05) is 24.3 Å². The fraction of sp³-hybridized carbons (Fsp3) is 0.286. The van der Waals surface area contributed by atoms with Crippen molar-refractivity contribution in [2.45, 2.75) is 32.3 Å². The number of carbonyl (C=O) groups is 3. The molecule has 1 fully saturated rings. The number of rotatable bonds is 5. The van der Waals surface area contributed by atoms with Crippen LogP contribution in [-0.4, -0.2) is 30.1 Å². The number of amides is 2. The summed E-state index contributed by atoms with van der Waals surface area (Å²) in [5, 5.41) is 0.440. The van der Waals surface area contributed by atoms with E-state index < -0.39 is 24.3 Å². The first-order chi connectivity index (χ1) is 14.5. The van der Waals surface area contributed by atoms with Gasteiger partial charge in [-0.15, -0.1) is 0 Å². The van der Waals surface area contributed by atoms with Gasteiger partial charge in [0.1, 0.15) is 18.1 Å². The maximum atomic E-state index is 11.8. The third-order valence-electron chi connectivity index (χ3n) is 4.64. The summed E-state index contributed by atoms with van der Waals surface area (Å²) in [6.07, 6.45) is -1.64. The standard InChI is InChI=1S/C21H19NO8/c1-26-16-4-2-3-14(10-16)20-27-12-15-9-13(5-6-17(15)29-20)11-28-21(25)30-22-18(23)7-8-19(22)24/h2-6,9-10,20H,7-8,11-12H2,1H3. The third-order valence-corrected chi connectivity index (χ3v) is 4.64. The molecule has 2 aromatic rings. The van der Waals surface area contributed by atoms with Crippen LogP contribution in [0.15, 0.2) is 42.5 Å². The Labute approximate surface area is 172 Å². The van der Waals surface area contributed by atoms with E-state index in [0.29, 0.717) is 28.7 Å². The average Bonchev–Trinajstić information content (AvgIpc) is 3.09. The van der Waals surface area contributed by atoms with Crippen LogP contribution in [0.5, 0.6) is 11.5 Å². The van der Waals surface area contributed by atoms with Gasteiger partial charge < -0.3 is 18.9 Å². The minimum atomic E-state index is -1.12. The Balaban J connectivity index is 1.35. The molecule has 30 heavy (non-hydrogen) atoms. The molecular weight excluding hydrogens is 394 g/mol. The number of carbonyl (C=O) groups excluding carboxylic acids is 3. The first-order valence-corrected chi connectivity index (χ1v) is 9.28. The fourth-order valence-corrected chi connectivity index (χ4v) is 3.12. The van der Waals surface area contributed by atoms with Gasteiger partial charge in [-0.1, -0.05) is 23.3 Å². The highest BCUT2D eigenvalue weighted by atomic mass is 16.8. The lowest BCUT2D eigenvalue weighted by molar-refractivity contribution is -0.177. The number of benzene rings is 2. The minimum Gasteiger partial charge on any atom is -0.497 e. The number of hydrogen-bond donors (Lipinski definition) is 0. The lowest BCUT2D eigenvalue weighted by atomic mass is 10.1. The molecule has 2 aromatic carbocycles. The summed E-state index contributed by atoms with van der Waals surface area (Å²) in [4.78, 5) is 39.3. The Kier molecular flexibility index (Phi) is 5.53. The van der Waals surface area contributed by atoms with Gasteiger partial charge in [0.25, 0.3) is 11.8 Å². The zero-order chi connectivity index (χ0) is 21.1. The largest absolute Gasteiger partial charge is 0.534 e. The number of imide groups is 1. The zero-order valence-electron chi connectivity index (χ0n) is 16.2. The summed E-state index contributed by atoms with van der Waals surface area (Å²) in [5.41, 5.74) is 2.31. The molecule has 0 aliphatic carbocycles. The molecule has 0 N–H and O–H groups in total. The number of hydrogen-bond acceptors (Lipinski definition) is 8. The quantitative estimate of drug-likeness (QED) is 0.545. The van der Waals surface area contributed by atoms with Crippen LogP contribution in [0, 0.1) is 0 Å². The summed E-state index contributed by atoms with van der Waals surface area (Å²) in [7, 11) is 1.59. The van der Waals surface area contributed by atoms with E-state index in [1.165, 1.54) is 0 Å². The maximum absolute atomic E-state index is 11.8. The zero-order valence-corrected chi connectivity index (χ0v) is 16.2. The average molecular weight is 413 g/mol. The van der Waals surface area contributed by atoms with Crippen molar-refractivity contribution in [3.63, 3.8) is 0 Å². The van der Waals surface area contributed by atoms with Gasteiger partial charge >= 0.3 is 6.16 Å². The van der Waals surface area contributed by atoms with Crippen molar-refractivity contribution in [3.05, 3.63) is 59.2 Å². The van der Waals surface area contributed by atoms with Gasteiger partial charge in [-0.2, -0.15) is 0 Å². The monoisotopic (exact) mass is 413 g/mol. The summed E-state index contributed by atoms with van der Waals surface area (Å²) in [5.74, 6) is 0.243. The lowest BCUT2D eigenvalue weighted by Crippen LogP contribution is -2.32. The van der Waals surface area contributed by atoms with E-state index in [4.69, 9.17) is 18.9 Å². The molecule has 0 aromatic heterocycles. The molecule has 2 aliphatic heterocycles. The Morgan fingerprint density at radius 3 is 2.70 bits per heavy atom. The second-order valence-electron chi connectivity index (χ2n) is 6.69. The van der Waals surface area contributed by atoms with E-state index in [1.54, 1.807) is 25.3 Å². The highest BCUT2D eigenvalue weighted by Gasteiger charge is 2.33. The summed E-state index contributed by atoms with van der Waals surface area (Å²) in [6, 6.07) is 12.7. The Morgan fingerprint density at radius 1 is 1.13 bits per heavy atom. The predicted octanol–water partition coefficient (Wildman–Crippen LogP) is 3.02. The molecule has 0 spiro atoms. The van der Waals surface area contributed by atoms with E-state index in [2.05, 4.69) is 4.84 Å². The van der Waals surface area contributed by atoms with E-state index >= 15 is 0 Å². The second kappa shape index (κ2) is 8.42. The van der Waals surface area contributed by atoms with Gasteiger partial charge in [0, 0.05) is 24.0 Å². The van der Waals surface area contributed by atoms with Crippen LogP contribution in [0.1, 0.15) is 35.8 Å². The number of hydroxylamine groups is 2. The van der Waals surface area contributed by atoms with Gasteiger partial charge in [-0.25, -0.2) is 4.79 Å². The van der Waals surface area contributed by atoms with E-state index in [-0.39, 0.29) is 19.4 Å². The van der Waals surface area contributed by atoms with Crippen molar-refractivity contribution in [1.82, 2.24) is 5.06 Å². The molecule has 2 amide bonds. The molecule has 156 valence electrons. The van der Waals surface area contributed by atoms with Crippen LogP contribution in [0.4, 0.5) is 4.79 Å². The molecule has 9 heteroatoms. The highest BCUT2D eigenvalue weighted by Crippen LogP contribution is 2.34. The van der Waals surface area contributed by atoms with Crippen LogP contribution in [-0.2, 0) is 37.1 Å². The Morgan fingerprint density at radius 2 is 1.93 bits per heavy atom. The van der Waals surface area contributed by atoms with E-state index in [9.17, 15) is 14.4 Å². The number of fused-ring (bicyclic) bond motifs is 1. The van der Waals surface area contributed by atoms with Gasteiger partial charge in [0.15, 0.2) is 0 Å². The van der Waals surface area contributed by atoms with Crippen molar-refractivity contribution >= 4 is 18.0 Å². The van der Waals surface area contributed by atoms with Crippen molar-refractivity contribution < 1.29 is 38.2 Å². The normalized spacial score (nSPS) is 17.9. The molecule has 0 saturated carbocycles. The Hall–Kier alpha value is -3.59. The van der Waals surface area contributed by atoms with Gasteiger partial charge in [0.05, 0.1) is 13.7 Å². The van der Waals surface area contributed by atoms with Gasteiger partial charge in [0.2, 0.25) is 6.29 Å². The van der Waals surface area contributed by atoms with Crippen LogP contribution >= 0.6 is 0 Å². The summed E-state index contributed by atoms with van der Waals surface area (Å²) in [6.45, 7) is 0.216. The molecule has 1 saturated heterocycles. The first kappa shape index (κ1) is 19.7. The van der Waals surface area contributed by atoms with Crippen molar-refractivity contribution in [2.24, 2.45) is 0 Å². The molecule has 9 nitrogen and oxygen atoms in total. The fourth-order valence-electron chi connectivity index (χ4n) is 3.12. The second-order valence-corrected chi connectivity index (χ2v) is 6.69. The topological polar surface area (TPSA) is 101 Å². The van der Waals surface area contributed by atoms with Crippen molar-refractivity contribution in [3.8, 4) is 11.5 Å². The molecule has 0 bridgehead atoms. The van der Waals surface area contributed by atoms with Crippen LogP contribution < -0.4 is 9.47 Å². The first-order valence-electron chi connectivity index (χ1n) is 9.28. The molecule has 0 radical (unpaired) electrons. The predicted molar refractivity (Wildman–Crippen MR) is 100.0 cm³/mol. The minimum absolute atomic E-state index is 0.0215. The smallest absolute Gasteiger partial charge is 0.497 e. The molecule has 2 aliphatic rings. The summed E-state index contributed by atoms with van der Waals surface area (Å²) >= 11 is 0. The summed E-state index contributed by atoms with van der Waals surface area (Å²) < 4.78 is 21.9. The number of nitrogens with zero attached hydrogens (tertiary/aromatic N) is 1.